The predicted molar refractivity (Wildman–Crippen MR) is 143 cm³/mol. The zero-order chi connectivity index (χ0) is 29.0. The molecule has 0 saturated carbocycles. The highest BCUT2D eigenvalue weighted by Crippen LogP contribution is 2.33. The first-order chi connectivity index (χ1) is 18.3. The van der Waals surface area contributed by atoms with Crippen molar-refractivity contribution in [3.63, 3.8) is 0 Å². The molecule has 0 bridgehead atoms. The summed E-state index contributed by atoms with van der Waals surface area (Å²) in [5, 5.41) is 2.97. The topological polar surface area (TPSA) is 86.8 Å². The second-order valence-electron chi connectivity index (χ2n) is 8.42. The number of rotatable bonds is 9. The van der Waals surface area contributed by atoms with Crippen LogP contribution in [0.4, 0.5) is 18.9 Å². The summed E-state index contributed by atoms with van der Waals surface area (Å²) in [6.45, 7) is 0.331. The van der Waals surface area contributed by atoms with Crippen LogP contribution in [-0.4, -0.2) is 44.8 Å². The van der Waals surface area contributed by atoms with Crippen molar-refractivity contribution in [1.29, 1.82) is 0 Å². The first-order valence-electron chi connectivity index (χ1n) is 11.5. The molecule has 0 radical (unpaired) electrons. The molecule has 0 aliphatic heterocycles. The number of anilines is 1. The third kappa shape index (κ3) is 7.23. The fourth-order valence-electron chi connectivity index (χ4n) is 3.71. The Bertz CT molecular complexity index is 1450. The SMILES string of the molecule is CNC(=O)C(C)N(Cc1ccc(Cl)cc1Cl)C(=O)CN(c1cccc(C(F)(F)F)c1)S(=O)(=O)c1ccccc1. The first-order valence-corrected chi connectivity index (χ1v) is 13.7. The van der Waals surface area contributed by atoms with E-state index in [0.29, 0.717) is 21.0 Å². The molecule has 1 atom stereocenters. The van der Waals surface area contributed by atoms with Crippen LogP contribution in [0.2, 0.25) is 10.0 Å². The molecule has 1 N–H and O–H groups in total. The number of carbonyl (C=O) groups is 2. The van der Waals surface area contributed by atoms with E-state index in [-0.39, 0.29) is 22.2 Å². The van der Waals surface area contributed by atoms with E-state index in [9.17, 15) is 31.2 Å². The molecular weight excluding hydrogens is 578 g/mol. The number of amides is 2. The molecule has 13 heteroatoms. The Labute approximate surface area is 234 Å². The molecule has 39 heavy (non-hydrogen) atoms. The molecule has 1 unspecified atom stereocenters. The van der Waals surface area contributed by atoms with Crippen LogP contribution in [-0.2, 0) is 32.3 Å². The lowest BCUT2D eigenvalue weighted by atomic mass is 10.1. The Morgan fingerprint density at radius 2 is 1.64 bits per heavy atom. The number of sulfonamides is 1. The Hall–Kier alpha value is -3.28. The van der Waals surface area contributed by atoms with E-state index < -0.39 is 46.2 Å². The van der Waals surface area contributed by atoms with Gasteiger partial charge >= 0.3 is 6.18 Å². The van der Waals surface area contributed by atoms with Gasteiger partial charge in [-0.3, -0.25) is 13.9 Å². The van der Waals surface area contributed by atoms with Crippen molar-refractivity contribution in [3.05, 3.63) is 94.0 Å². The molecular formula is C26H24Cl2F3N3O4S. The first kappa shape index (κ1) is 30.3. The zero-order valence-corrected chi connectivity index (χ0v) is 23.1. The van der Waals surface area contributed by atoms with Crippen molar-refractivity contribution < 1.29 is 31.2 Å². The molecule has 0 aliphatic carbocycles. The highest BCUT2D eigenvalue weighted by Gasteiger charge is 2.35. The van der Waals surface area contributed by atoms with Crippen molar-refractivity contribution in [1.82, 2.24) is 10.2 Å². The van der Waals surface area contributed by atoms with Crippen molar-refractivity contribution in [2.24, 2.45) is 0 Å². The minimum absolute atomic E-state index is 0.203. The number of nitrogens with zero attached hydrogens (tertiary/aromatic N) is 2. The van der Waals surface area contributed by atoms with Gasteiger partial charge in [0.15, 0.2) is 0 Å². The third-order valence-corrected chi connectivity index (χ3v) is 8.22. The number of carbonyl (C=O) groups excluding carboxylic acids is 2. The van der Waals surface area contributed by atoms with E-state index in [1.165, 1.54) is 50.4 Å². The summed E-state index contributed by atoms with van der Waals surface area (Å²) in [7, 11) is -3.14. The van der Waals surface area contributed by atoms with Gasteiger partial charge in [-0.05, 0) is 55.0 Å². The fraction of sp³-hybridized carbons (Fsp3) is 0.231. The largest absolute Gasteiger partial charge is 0.416 e. The van der Waals surface area contributed by atoms with Crippen molar-refractivity contribution >= 4 is 50.7 Å². The summed E-state index contributed by atoms with van der Waals surface area (Å²) in [5.74, 6) is -1.40. The molecule has 0 saturated heterocycles. The minimum Gasteiger partial charge on any atom is -0.357 e. The quantitative estimate of drug-likeness (QED) is 0.357. The molecule has 208 valence electrons. The van der Waals surface area contributed by atoms with Crippen LogP contribution in [0.5, 0.6) is 0 Å². The number of likely N-dealkylation sites (N-methyl/N-ethyl adjacent to an activating group) is 1. The van der Waals surface area contributed by atoms with E-state index >= 15 is 0 Å². The number of hydrogen-bond acceptors (Lipinski definition) is 4. The van der Waals surface area contributed by atoms with Crippen LogP contribution in [0.25, 0.3) is 0 Å². The summed E-state index contributed by atoms with van der Waals surface area (Å²) in [6, 6.07) is 14.1. The van der Waals surface area contributed by atoms with Crippen LogP contribution < -0.4 is 9.62 Å². The maximum absolute atomic E-state index is 13.7. The Kier molecular flexibility index (Phi) is 9.52. The van der Waals surface area contributed by atoms with Crippen molar-refractivity contribution in [2.75, 3.05) is 17.9 Å². The predicted octanol–water partition coefficient (Wildman–Crippen LogP) is 5.37. The molecule has 0 heterocycles. The van der Waals surface area contributed by atoms with E-state index in [2.05, 4.69) is 5.32 Å². The summed E-state index contributed by atoms with van der Waals surface area (Å²) >= 11 is 12.2. The van der Waals surface area contributed by atoms with Crippen LogP contribution in [0.15, 0.2) is 77.7 Å². The Balaban J connectivity index is 2.10. The molecule has 2 amide bonds. The monoisotopic (exact) mass is 601 g/mol. The molecule has 3 aromatic rings. The molecule has 3 rings (SSSR count). The van der Waals surface area contributed by atoms with Gasteiger partial charge in [-0.2, -0.15) is 13.2 Å². The van der Waals surface area contributed by atoms with Gasteiger partial charge in [0.2, 0.25) is 11.8 Å². The standard InChI is InChI=1S/C26H24Cl2F3N3O4S/c1-17(25(36)32-2)33(15-18-11-12-20(27)14-23(18)28)24(35)16-34(39(37,38)22-9-4-3-5-10-22)21-8-6-7-19(13-21)26(29,30)31/h3-14,17H,15-16H2,1-2H3,(H,32,36). The van der Waals surface area contributed by atoms with E-state index in [4.69, 9.17) is 23.2 Å². The van der Waals surface area contributed by atoms with Crippen LogP contribution in [0.1, 0.15) is 18.1 Å². The van der Waals surface area contributed by atoms with Gasteiger partial charge in [-0.15, -0.1) is 0 Å². The van der Waals surface area contributed by atoms with Crippen molar-refractivity contribution in [2.45, 2.75) is 30.6 Å². The number of nitrogens with one attached hydrogen (secondary N) is 1. The number of alkyl halides is 3. The maximum Gasteiger partial charge on any atom is 0.416 e. The van der Waals surface area contributed by atoms with Gasteiger partial charge in [0.1, 0.15) is 12.6 Å². The van der Waals surface area contributed by atoms with Crippen LogP contribution in [0, 0.1) is 0 Å². The lowest BCUT2D eigenvalue weighted by Crippen LogP contribution is -2.50. The van der Waals surface area contributed by atoms with Gasteiger partial charge in [-0.1, -0.05) is 53.5 Å². The van der Waals surface area contributed by atoms with Gasteiger partial charge in [-0.25, -0.2) is 8.42 Å². The Morgan fingerprint density at radius 1 is 0.974 bits per heavy atom. The van der Waals surface area contributed by atoms with Crippen LogP contribution >= 0.6 is 23.2 Å². The fourth-order valence-corrected chi connectivity index (χ4v) is 5.61. The highest BCUT2D eigenvalue weighted by molar-refractivity contribution is 7.92. The molecule has 3 aromatic carbocycles. The summed E-state index contributed by atoms with van der Waals surface area (Å²) in [6.07, 6.45) is -4.76. The molecule has 0 aromatic heterocycles. The van der Waals surface area contributed by atoms with E-state index in [1.54, 1.807) is 12.1 Å². The summed E-state index contributed by atoms with van der Waals surface area (Å²) in [5.41, 5.74) is -1.05. The minimum atomic E-state index is -4.76. The maximum atomic E-state index is 13.7. The average Bonchev–Trinajstić information content (AvgIpc) is 2.90. The summed E-state index contributed by atoms with van der Waals surface area (Å²) in [4.78, 5) is 27.0. The van der Waals surface area contributed by atoms with Gasteiger partial charge in [0.05, 0.1) is 16.1 Å². The smallest absolute Gasteiger partial charge is 0.357 e. The number of benzene rings is 3. The van der Waals surface area contributed by atoms with Crippen molar-refractivity contribution in [3.8, 4) is 0 Å². The number of halogens is 5. The second kappa shape index (κ2) is 12.3. The van der Waals surface area contributed by atoms with Gasteiger partial charge in [0, 0.05) is 23.6 Å². The molecule has 0 aliphatic rings. The molecule has 0 spiro atoms. The zero-order valence-electron chi connectivity index (χ0n) is 20.7. The lowest BCUT2D eigenvalue weighted by Gasteiger charge is -2.32. The lowest BCUT2D eigenvalue weighted by molar-refractivity contribution is -0.139. The van der Waals surface area contributed by atoms with E-state index in [1.807, 2.05) is 0 Å². The van der Waals surface area contributed by atoms with Gasteiger partial charge < -0.3 is 10.2 Å². The van der Waals surface area contributed by atoms with Crippen LogP contribution in [0.3, 0.4) is 0 Å². The highest BCUT2D eigenvalue weighted by atomic mass is 35.5. The average molecular weight is 602 g/mol. The Morgan fingerprint density at radius 3 is 2.23 bits per heavy atom. The normalized spacial score (nSPS) is 12.5. The number of hydrogen-bond donors (Lipinski definition) is 1. The third-order valence-electron chi connectivity index (χ3n) is 5.84. The molecule has 7 nitrogen and oxygen atoms in total. The molecule has 0 fully saturated rings. The summed E-state index contributed by atoms with van der Waals surface area (Å²) < 4.78 is 68.3. The second-order valence-corrected chi connectivity index (χ2v) is 11.1. The van der Waals surface area contributed by atoms with E-state index in [0.717, 1.165) is 23.1 Å². The van der Waals surface area contributed by atoms with Gasteiger partial charge in [0.25, 0.3) is 10.0 Å².